The molecule has 3 heteroatoms. The van der Waals surface area contributed by atoms with Crippen LogP contribution >= 0.6 is 11.3 Å². The molecule has 2 aromatic rings. The summed E-state index contributed by atoms with van der Waals surface area (Å²) in [5.41, 5.74) is 2.55. The number of hydrogen-bond donors (Lipinski definition) is 0. The molecular formula is C14H10N2S. The highest BCUT2D eigenvalue weighted by atomic mass is 32.1. The topological polar surface area (TPSA) is 25.8 Å². The number of pyridine rings is 1. The van der Waals surface area contributed by atoms with Gasteiger partial charge in [0.1, 0.15) is 5.69 Å². The molecule has 0 aromatic carbocycles. The van der Waals surface area contributed by atoms with Gasteiger partial charge in [-0.2, -0.15) is 0 Å². The van der Waals surface area contributed by atoms with Gasteiger partial charge in [-0.1, -0.05) is 11.8 Å². The van der Waals surface area contributed by atoms with Crippen LogP contribution in [0.3, 0.4) is 0 Å². The number of aromatic nitrogens is 2. The minimum atomic E-state index is 0.805. The molecule has 0 N–H and O–H groups in total. The maximum atomic E-state index is 4.28. The Bertz CT molecular complexity index is 648. The van der Waals surface area contributed by atoms with Gasteiger partial charge in [0.2, 0.25) is 0 Å². The lowest BCUT2D eigenvalue weighted by atomic mass is 10.2. The summed E-state index contributed by atoms with van der Waals surface area (Å²) in [6.45, 7) is 3.77. The first-order valence-corrected chi connectivity index (χ1v) is 5.98. The maximum Gasteiger partial charge on any atom is 0.124 e. The molecule has 2 heterocycles. The fraction of sp³-hybridized carbons (Fsp3) is 0.143. The molecule has 0 aliphatic heterocycles. The van der Waals surface area contributed by atoms with Crippen molar-refractivity contribution < 1.29 is 0 Å². The normalized spacial score (nSPS) is 8.82. The van der Waals surface area contributed by atoms with Gasteiger partial charge in [0.25, 0.3) is 0 Å². The van der Waals surface area contributed by atoms with Crippen molar-refractivity contribution in [2.24, 2.45) is 0 Å². The van der Waals surface area contributed by atoms with E-state index in [-0.39, 0.29) is 0 Å². The number of nitrogens with zero attached hydrogens (tertiary/aromatic N) is 2. The van der Waals surface area contributed by atoms with Crippen LogP contribution < -0.4 is 0 Å². The average Bonchev–Trinajstić information content (AvgIpc) is 2.74. The number of rotatable bonds is 0. The molecule has 2 nitrogen and oxygen atoms in total. The summed E-state index contributed by atoms with van der Waals surface area (Å²) < 4.78 is 0. The van der Waals surface area contributed by atoms with Crippen molar-refractivity contribution in [3.63, 3.8) is 0 Å². The van der Waals surface area contributed by atoms with Gasteiger partial charge in [0.05, 0.1) is 5.01 Å². The summed E-state index contributed by atoms with van der Waals surface area (Å²) in [4.78, 5) is 8.38. The van der Waals surface area contributed by atoms with E-state index in [9.17, 15) is 0 Å². The molecule has 0 spiro atoms. The molecule has 2 aromatic heterocycles. The van der Waals surface area contributed by atoms with Crippen LogP contribution in [-0.4, -0.2) is 9.97 Å². The summed E-state index contributed by atoms with van der Waals surface area (Å²) in [6.07, 6.45) is 3.46. The van der Waals surface area contributed by atoms with Gasteiger partial charge < -0.3 is 0 Å². The van der Waals surface area contributed by atoms with E-state index in [1.165, 1.54) is 0 Å². The van der Waals surface area contributed by atoms with Crippen molar-refractivity contribution in [1.82, 2.24) is 9.97 Å². The first-order valence-electron chi connectivity index (χ1n) is 5.10. The second kappa shape index (κ2) is 5.30. The van der Waals surface area contributed by atoms with Crippen LogP contribution in [0.1, 0.15) is 28.8 Å². The quantitative estimate of drug-likeness (QED) is 0.659. The smallest absolute Gasteiger partial charge is 0.124 e. The molecule has 0 saturated heterocycles. The Morgan fingerprint density at radius 1 is 1.12 bits per heavy atom. The molecule has 2 rings (SSSR count). The maximum absolute atomic E-state index is 4.28. The Morgan fingerprint density at radius 3 is 2.53 bits per heavy atom. The van der Waals surface area contributed by atoms with Gasteiger partial charge in [-0.05, 0) is 25.8 Å². The van der Waals surface area contributed by atoms with Gasteiger partial charge in [-0.15, -0.1) is 17.3 Å². The van der Waals surface area contributed by atoms with Crippen LogP contribution in [-0.2, 0) is 0 Å². The van der Waals surface area contributed by atoms with E-state index < -0.39 is 0 Å². The molecule has 0 unspecified atom stereocenters. The minimum absolute atomic E-state index is 0.805. The number of aryl methyl sites for hydroxylation is 1. The first kappa shape index (κ1) is 11.4. The molecule has 17 heavy (non-hydrogen) atoms. The van der Waals surface area contributed by atoms with Gasteiger partial charge in [-0.3, -0.25) is 4.98 Å². The highest BCUT2D eigenvalue weighted by Gasteiger charge is 1.93. The van der Waals surface area contributed by atoms with Crippen LogP contribution in [0.2, 0.25) is 0 Å². The third-order valence-electron chi connectivity index (χ3n) is 1.96. The standard InChI is InChI=1S/C14H10N2S/c1-3-4-12-7-13(9-15-8-12)5-6-14-10-17-11(2)16-14/h7-10H,1-2H3. The van der Waals surface area contributed by atoms with Crippen LogP contribution in [0.25, 0.3) is 0 Å². The Kier molecular flexibility index (Phi) is 3.55. The molecule has 0 atom stereocenters. The van der Waals surface area contributed by atoms with Crippen LogP contribution in [0.4, 0.5) is 0 Å². The van der Waals surface area contributed by atoms with Crippen molar-refractivity contribution >= 4 is 11.3 Å². The Morgan fingerprint density at radius 2 is 1.88 bits per heavy atom. The summed E-state index contributed by atoms with van der Waals surface area (Å²) >= 11 is 1.60. The zero-order chi connectivity index (χ0) is 12.1. The van der Waals surface area contributed by atoms with E-state index in [1.807, 2.05) is 18.4 Å². The molecule has 0 aliphatic rings. The van der Waals surface area contributed by atoms with Crippen molar-refractivity contribution in [1.29, 1.82) is 0 Å². The Balaban J connectivity index is 2.26. The van der Waals surface area contributed by atoms with E-state index in [1.54, 1.807) is 30.7 Å². The van der Waals surface area contributed by atoms with Crippen LogP contribution in [0, 0.1) is 30.6 Å². The van der Waals surface area contributed by atoms with E-state index in [0.717, 1.165) is 21.8 Å². The lowest BCUT2D eigenvalue weighted by Crippen LogP contribution is -1.82. The third kappa shape index (κ3) is 3.17. The average molecular weight is 238 g/mol. The third-order valence-corrected chi connectivity index (χ3v) is 2.74. The molecule has 0 radical (unpaired) electrons. The molecule has 0 saturated carbocycles. The summed E-state index contributed by atoms with van der Waals surface area (Å²) in [5.74, 6) is 11.8. The predicted octanol–water partition coefficient (Wildman–Crippen LogP) is 2.62. The SMILES string of the molecule is CC#Cc1cncc(C#Cc2csc(C)n2)c1. The highest BCUT2D eigenvalue weighted by Crippen LogP contribution is 2.06. The Labute approximate surface area is 105 Å². The first-order chi connectivity index (χ1) is 8.28. The van der Waals surface area contributed by atoms with Crippen molar-refractivity contribution in [2.45, 2.75) is 13.8 Å². The summed E-state index contributed by atoms with van der Waals surface area (Å²) in [5, 5.41) is 2.98. The molecular weight excluding hydrogens is 228 g/mol. The fourth-order valence-electron chi connectivity index (χ4n) is 1.28. The van der Waals surface area contributed by atoms with Crippen LogP contribution in [0.15, 0.2) is 23.8 Å². The van der Waals surface area contributed by atoms with Crippen molar-refractivity contribution in [2.75, 3.05) is 0 Å². The molecule has 0 amide bonds. The van der Waals surface area contributed by atoms with Gasteiger partial charge in [0, 0.05) is 28.9 Å². The van der Waals surface area contributed by atoms with Gasteiger partial charge in [-0.25, -0.2) is 4.98 Å². The second-order valence-corrected chi connectivity index (χ2v) is 4.40. The second-order valence-electron chi connectivity index (χ2n) is 3.34. The monoisotopic (exact) mass is 238 g/mol. The largest absolute Gasteiger partial charge is 0.262 e. The highest BCUT2D eigenvalue weighted by molar-refractivity contribution is 7.09. The zero-order valence-corrected chi connectivity index (χ0v) is 10.4. The molecule has 82 valence electrons. The van der Waals surface area contributed by atoms with E-state index >= 15 is 0 Å². The van der Waals surface area contributed by atoms with E-state index in [0.29, 0.717) is 0 Å². The van der Waals surface area contributed by atoms with Crippen molar-refractivity contribution in [3.8, 4) is 23.7 Å². The molecule has 0 fully saturated rings. The van der Waals surface area contributed by atoms with Crippen LogP contribution in [0.5, 0.6) is 0 Å². The lowest BCUT2D eigenvalue weighted by molar-refractivity contribution is 1.27. The van der Waals surface area contributed by atoms with E-state index in [2.05, 4.69) is 33.6 Å². The lowest BCUT2D eigenvalue weighted by Gasteiger charge is -1.90. The summed E-state index contributed by atoms with van der Waals surface area (Å²) in [6, 6.07) is 1.93. The predicted molar refractivity (Wildman–Crippen MR) is 69.6 cm³/mol. The molecule has 0 aliphatic carbocycles. The summed E-state index contributed by atoms with van der Waals surface area (Å²) in [7, 11) is 0. The van der Waals surface area contributed by atoms with Gasteiger partial charge >= 0.3 is 0 Å². The Hall–Kier alpha value is -2.10. The number of hydrogen-bond acceptors (Lipinski definition) is 3. The van der Waals surface area contributed by atoms with Gasteiger partial charge in [0.15, 0.2) is 0 Å². The minimum Gasteiger partial charge on any atom is -0.262 e. The molecule has 0 bridgehead atoms. The fourth-order valence-corrected chi connectivity index (χ4v) is 1.82. The van der Waals surface area contributed by atoms with Crippen molar-refractivity contribution in [3.05, 3.63) is 45.7 Å². The number of thiazole rings is 1. The zero-order valence-electron chi connectivity index (χ0n) is 9.61. The van der Waals surface area contributed by atoms with E-state index in [4.69, 9.17) is 0 Å².